The van der Waals surface area contributed by atoms with Gasteiger partial charge in [-0.1, -0.05) is 42.5 Å². The van der Waals surface area contributed by atoms with Gasteiger partial charge < -0.3 is 14.5 Å². The van der Waals surface area contributed by atoms with Crippen molar-refractivity contribution < 1.29 is 18.7 Å². The topological polar surface area (TPSA) is 62.7 Å². The molecule has 6 nitrogen and oxygen atoms in total. The summed E-state index contributed by atoms with van der Waals surface area (Å²) in [5.74, 6) is -0.492. The van der Waals surface area contributed by atoms with Gasteiger partial charge in [-0.25, -0.2) is 4.39 Å². The van der Waals surface area contributed by atoms with Crippen molar-refractivity contribution in [2.75, 3.05) is 26.2 Å². The average molecular weight is 476 g/mol. The number of hydrogen-bond acceptors (Lipinski definition) is 4. The molecule has 1 aromatic heterocycles. The lowest BCUT2D eigenvalue weighted by Gasteiger charge is -2.25. The summed E-state index contributed by atoms with van der Waals surface area (Å²) in [5, 5.41) is 0. The monoisotopic (exact) mass is 475 g/mol. The molecule has 1 unspecified atom stereocenters. The summed E-state index contributed by atoms with van der Waals surface area (Å²) in [4.78, 5) is 33.5. The van der Waals surface area contributed by atoms with E-state index < -0.39 is 0 Å². The van der Waals surface area contributed by atoms with Gasteiger partial charge in [-0.15, -0.1) is 0 Å². The van der Waals surface area contributed by atoms with Gasteiger partial charge >= 0.3 is 0 Å². The minimum Gasteiger partial charge on any atom is -0.370 e. The van der Waals surface area contributed by atoms with Gasteiger partial charge in [0, 0.05) is 38.4 Å². The van der Waals surface area contributed by atoms with Crippen molar-refractivity contribution >= 4 is 11.8 Å². The Labute approximate surface area is 205 Å². The average Bonchev–Trinajstić information content (AvgIpc) is 3.04. The highest BCUT2D eigenvalue weighted by Gasteiger charge is 2.30. The van der Waals surface area contributed by atoms with Crippen molar-refractivity contribution in [2.45, 2.75) is 32.0 Å². The van der Waals surface area contributed by atoms with Gasteiger partial charge in [0.1, 0.15) is 5.82 Å². The fourth-order valence-corrected chi connectivity index (χ4v) is 4.20. The van der Waals surface area contributed by atoms with Crippen molar-refractivity contribution in [3.63, 3.8) is 0 Å². The summed E-state index contributed by atoms with van der Waals surface area (Å²) in [6.45, 7) is 1.49. The summed E-state index contributed by atoms with van der Waals surface area (Å²) in [5.41, 5.74) is 2.89. The van der Waals surface area contributed by atoms with Gasteiger partial charge in [-0.2, -0.15) is 0 Å². The van der Waals surface area contributed by atoms with E-state index in [1.165, 1.54) is 12.1 Å². The molecule has 2 amide bonds. The van der Waals surface area contributed by atoms with E-state index in [1.807, 2.05) is 42.5 Å². The number of aryl methyl sites for hydroxylation is 1. The first kappa shape index (κ1) is 24.5. The van der Waals surface area contributed by atoms with Gasteiger partial charge in [0.05, 0.1) is 19.3 Å². The molecule has 1 atom stereocenters. The Morgan fingerprint density at radius 3 is 2.46 bits per heavy atom. The lowest BCUT2D eigenvalue weighted by Crippen LogP contribution is -2.40. The van der Waals surface area contributed by atoms with E-state index in [9.17, 15) is 14.0 Å². The fraction of sp³-hybridized carbons (Fsp3) is 0.321. The molecule has 0 bridgehead atoms. The number of nitrogens with zero attached hydrogens (tertiary/aromatic N) is 3. The minimum atomic E-state index is -0.370. The zero-order valence-electron chi connectivity index (χ0n) is 19.7. The Morgan fingerprint density at radius 2 is 1.69 bits per heavy atom. The summed E-state index contributed by atoms with van der Waals surface area (Å²) in [7, 11) is 0. The molecule has 2 heterocycles. The quantitative estimate of drug-likeness (QED) is 0.474. The number of ether oxygens (including phenoxy) is 1. The highest BCUT2D eigenvalue weighted by Crippen LogP contribution is 2.15. The first-order chi connectivity index (χ1) is 17.1. The van der Waals surface area contributed by atoms with Crippen LogP contribution in [0.2, 0.25) is 0 Å². The molecular formula is C28H30FN3O3. The molecular weight excluding hydrogens is 445 g/mol. The highest BCUT2D eigenvalue weighted by molar-refractivity contribution is 5.85. The molecule has 1 aliphatic heterocycles. The van der Waals surface area contributed by atoms with Crippen molar-refractivity contribution in [1.82, 2.24) is 14.8 Å². The van der Waals surface area contributed by atoms with Crippen LogP contribution in [0.25, 0.3) is 0 Å². The predicted octanol–water partition coefficient (Wildman–Crippen LogP) is 3.65. The third-order valence-electron chi connectivity index (χ3n) is 6.14. The molecule has 1 aliphatic rings. The number of pyridine rings is 1. The van der Waals surface area contributed by atoms with Crippen LogP contribution in [0.15, 0.2) is 79.1 Å². The molecule has 7 heteroatoms. The molecule has 2 aromatic carbocycles. The molecule has 4 rings (SSSR count). The summed E-state index contributed by atoms with van der Waals surface area (Å²) < 4.78 is 19.7. The molecule has 0 radical (unpaired) electrons. The number of amides is 2. The Hall–Kier alpha value is -3.58. The largest absolute Gasteiger partial charge is 0.370 e. The van der Waals surface area contributed by atoms with E-state index >= 15 is 0 Å². The second-order valence-electron chi connectivity index (χ2n) is 8.77. The zero-order valence-corrected chi connectivity index (χ0v) is 19.7. The molecule has 182 valence electrons. The van der Waals surface area contributed by atoms with E-state index in [2.05, 4.69) is 4.98 Å². The number of halogens is 1. The van der Waals surface area contributed by atoms with Gasteiger partial charge in [0.25, 0.3) is 0 Å². The van der Waals surface area contributed by atoms with E-state index in [0.717, 1.165) is 17.5 Å². The van der Waals surface area contributed by atoms with Crippen LogP contribution in [0.3, 0.4) is 0 Å². The highest BCUT2D eigenvalue weighted by atomic mass is 19.1. The summed E-state index contributed by atoms with van der Waals surface area (Å²) >= 11 is 0. The van der Waals surface area contributed by atoms with Crippen molar-refractivity contribution in [2.24, 2.45) is 0 Å². The number of carbonyl (C=O) groups is 2. The smallest absolute Gasteiger partial charge is 0.242 e. The van der Waals surface area contributed by atoms with Crippen LogP contribution < -0.4 is 0 Å². The first-order valence-electron chi connectivity index (χ1n) is 11.9. The number of aromatic nitrogens is 1. The fourth-order valence-electron chi connectivity index (χ4n) is 4.20. The van der Waals surface area contributed by atoms with Crippen molar-refractivity contribution in [3.8, 4) is 0 Å². The molecule has 0 spiro atoms. The van der Waals surface area contributed by atoms with Crippen LogP contribution in [0.4, 0.5) is 4.39 Å². The van der Waals surface area contributed by atoms with Gasteiger partial charge in [0.15, 0.2) is 0 Å². The third-order valence-corrected chi connectivity index (χ3v) is 6.14. The van der Waals surface area contributed by atoms with Crippen LogP contribution in [-0.4, -0.2) is 58.9 Å². The van der Waals surface area contributed by atoms with Crippen molar-refractivity contribution in [1.29, 1.82) is 0 Å². The molecule has 1 saturated heterocycles. The summed E-state index contributed by atoms with van der Waals surface area (Å²) in [6.07, 6.45) is 4.65. The summed E-state index contributed by atoms with van der Waals surface area (Å²) in [6, 6.07) is 20.0. The zero-order chi connectivity index (χ0) is 24.5. The van der Waals surface area contributed by atoms with Crippen LogP contribution in [0, 0.1) is 5.82 Å². The minimum absolute atomic E-state index is 0.0315. The Morgan fingerprint density at radius 1 is 0.943 bits per heavy atom. The second-order valence-corrected chi connectivity index (χ2v) is 8.77. The van der Waals surface area contributed by atoms with Crippen LogP contribution in [0.5, 0.6) is 0 Å². The first-order valence-corrected chi connectivity index (χ1v) is 11.9. The maximum atomic E-state index is 13.6. The maximum Gasteiger partial charge on any atom is 0.242 e. The predicted molar refractivity (Wildman–Crippen MR) is 131 cm³/mol. The lowest BCUT2D eigenvalue weighted by molar-refractivity contribution is -0.138. The maximum absolute atomic E-state index is 13.6. The number of carbonyl (C=O) groups excluding carboxylic acids is 2. The molecule has 0 saturated carbocycles. The van der Waals surface area contributed by atoms with E-state index in [1.54, 1.807) is 34.3 Å². The molecule has 0 N–H and O–H groups in total. The number of benzene rings is 2. The third kappa shape index (κ3) is 7.45. The van der Waals surface area contributed by atoms with E-state index in [0.29, 0.717) is 38.0 Å². The standard InChI is InChI=1S/C28H30FN3O3/c29-25-8-4-7-24(17-25)21-35-26-18-31(16-13-22-5-2-1-3-6-22)28(34)20-32(19-26)27(33)10-9-23-11-14-30-15-12-23/h1-8,11-12,14-15,17,26H,9-10,13,16,18-21H2. The Kier molecular flexibility index (Phi) is 8.57. The molecule has 1 fully saturated rings. The normalized spacial score (nSPS) is 16.3. The van der Waals surface area contributed by atoms with Gasteiger partial charge in [0.2, 0.25) is 11.8 Å². The van der Waals surface area contributed by atoms with Crippen LogP contribution in [0.1, 0.15) is 23.1 Å². The number of rotatable bonds is 9. The lowest BCUT2D eigenvalue weighted by atomic mass is 10.1. The second kappa shape index (κ2) is 12.2. The SMILES string of the molecule is O=C1CN(C(=O)CCc2ccncc2)CC(OCc2cccc(F)c2)CN1CCc1ccccc1. The van der Waals surface area contributed by atoms with Gasteiger partial charge in [-0.05, 0) is 53.8 Å². The van der Waals surface area contributed by atoms with E-state index in [4.69, 9.17) is 4.74 Å². The Bertz CT molecular complexity index is 1110. The van der Waals surface area contributed by atoms with Crippen molar-refractivity contribution in [3.05, 3.63) is 102 Å². The van der Waals surface area contributed by atoms with Crippen LogP contribution >= 0.6 is 0 Å². The van der Waals surface area contributed by atoms with Gasteiger partial charge in [-0.3, -0.25) is 14.6 Å². The van der Waals surface area contributed by atoms with E-state index in [-0.39, 0.29) is 36.9 Å². The molecule has 3 aromatic rings. The number of hydrogen-bond donors (Lipinski definition) is 0. The molecule has 35 heavy (non-hydrogen) atoms. The van der Waals surface area contributed by atoms with Crippen LogP contribution in [-0.2, 0) is 33.8 Å². The Balaban J connectivity index is 1.43. The molecule has 0 aliphatic carbocycles.